The van der Waals surface area contributed by atoms with Crippen LogP contribution in [0.2, 0.25) is 0 Å². The van der Waals surface area contributed by atoms with Crippen LogP contribution in [0.3, 0.4) is 0 Å². The summed E-state index contributed by atoms with van der Waals surface area (Å²) in [5.74, 6) is 1.81. The first-order valence-electron chi connectivity index (χ1n) is 12.2. The standard InChI is InChI=1S/C25H37N3O3/c29-24(19-31-23-8-2-1-3-9-23)28-16-10-21(11-17-28)25(30)26-22-12-14-27(15-13-22)18-20-6-4-5-7-20/h1-3,8-9,20-22H,4-7,10-19H2,(H,26,30). The van der Waals surface area contributed by atoms with Crippen LogP contribution in [0.4, 0.5) is 0 Å². The monoisotopic (exact) mass is 427 g/mol. The molecule has 4 rings (SSSR count). The van der Waals surface area contributed by atoms with Crippen molar-refractivity contribution in [1.82, 2.24) is 15.1 Å². The van der Waals surface area contributed by atoms with Gasteiger partial charge in [0.25, 0.3) is 5.91 Å². The first kappa shape index (κ1) is 22.1. The lowest BCUT2D eigenvalue weighted by atomic mass is 9.94. The average Bonchev–Trinajstić information content (AvgIpc) is 3.32. The number of piperidine rings is 2. The summed E-state index contributed by atoms with van der Waals surface area (Å²) in [6, 6.07) is 9.72. The van der Waals surface area contributed by atoms with E-state index in [9.17, 15) is 9.59 Å². The lowest BCUT2D eigenvalue weighted by Gasteiger charge is -2.35. The minimum atomic E-state index is -0.00246. The van der Waals surface area contributed by atoms with Gasteiger partial charge in [0.2, 0.25) is 5.91 Å². The van der Waals surface area contributed by atoms with E-state index in [-0.39, 0.29) is 24.3 Å². The Hall–Kier alpha value is -2.08. The molecule has 3 fully saturated rings. The summed E-state index contributed by atoms with van der Waals surface area (Å²) >= 11 is 0. The van der Waals surface area contributed by atoms with Crippen molar-refractivity contribution in [3.63, 3.8) is 0 Å². The highest BCUT2D eigenvalue weighted by Crippen LogP contribution is 2.26. The van der Waals surface area contributed by atoms with Crippen LogP contribution in [0.25, 0.3) is 0 Å². The summed E-state index contributed by atoms with van der Waals surface area (Å²) in [6.45, 7) is 4.79. The molecule has 0 radical (unpaired) electrons. The van der Waals surface area contributed by atoms with Gasteiger partial charge < -0.3 is 19.9 Å². The molecule has 31 heavy (non-hydrogen) atoms. The summed E-state index contributed by atoms with van der Waals surface area (Å²) in [7, 11) is 0. The van der Waals surface area contributed by atoms with E-state index in [1.165, 1.54) is 32.2 Å². The van der Waals surface area contributed by atoms with Gasteiger partial charge in [0.15, 0.2) is 6.61 Å². The van der Waals surface area contributed by atoms with E-state index in [4.69, 9.17) is 4.74 Å². The minimum Gasteiger partial charge on any atom is -0.484 e. The number of carbonyl (C=O) groups is 2. The van der Waals surface area contributed by atoms with Gasteiger partial charge in [0, 0.05) is 44.7 Å². The lowest BCUT2D eigenvalue weighted by Crippen LogP contribution is -2.49. The first-order chi connectivity index (χ1) is 15.2. The maximum absolute atomic E-state index is 12.8. The molecule has 3 aliphatic rings. The van der Waals surface area contributed by atoms with Gasteiger partial charge in [-0.15, -0.1) is 0 Å². The maximum Gasteiger partial charge on any atom is 0.260 e. The Morgan fingerprint density at radius 1 is 0.903 bits per heavy atom. The van der Waals surface area contributed by atoms with E-state index < -0.39 is 0 Å². The highest BCUT2D eigenvalue weighted by molar-refractivity contribution is 5.80. The van der Waals surface area contributed by atoms with E-state index in [1.807, 2.05) is 35.2 Å². The predicted molar refractivity (Wildman–Crippen MR) is 121 cm³/mol. The molecule has 2 saturated heterocycles. The second-order valence-corrected chi connectivity index (χ2v) is 9.49. The Morgan fingerprint density at radius 3 is 2.26 bits per heavy atom. The van der Waals surface area contributed by atoms with E-state index in [1.54, 1.807) is 0 Å². The van der Waals surface area contributed by atoms with E-state index in [0.717, 1.165) is 44.7 Å². The molecule has 1 N–H and O–H groups in total. The Bertz CT molecular complexity index is 704. The first-order valence-corrected chi connectivity index (χ1v) is 12.2. The number of carbonyl (C=O) groups excluding carboxylic acids is 2. The van der Waals surface area contributed by atoms with Gasteiger partial charge in [-0.1, -0.05) is 31.0 Å². The van der Waals surface area contributed by atoms with Gasteiger partial charge in [-0.3, -0.25) is 9.59 Å². The number of nitrogens with zero attached hydrogens (tertiary/aromatic N) is 2. The molecule has 1 saturated carbocycles. The summed E-state index contributed by atoms with van der Waals surface area (Å²) < 4.78 is 5.57. The molecule has 6 nitrogen and oxygen atoms in total. The average molecular weight is 428 g/mol. The number of rotatable bonds is 7. The van der Waals surface area contributed by atoms with Crippen molar-refractivity contribution in [3.05, 3.63) is 30.3 Å². The molecule has 0 atom stereocenters. The largest absolute Gasteiger partial charge is 0.484 e. The van der Waals surface area contributed by atoms with Gasteiger partial charge in [0.1, 0.15) is 5.75 Å². The van der Waals surface area contributed by atoms with Crippen LogP contribution in [0, 0.1) is 11.8 Å². The van der Waals surface area contributed by atoms with E-state index >= 15 is 0 Å². The predicted octanol–water partition coefficient (Wildman–Crippen LogP) is 3.07. The summed E-state index contributed by atoms with van der Waals surface area (Å²) in [5, 5.41) is 3.30. The van der Waals surface area contributed by atoms with Crippen molar-refractivity contribution < 1.29 is 14.3 Å². The van der Waals surface area contributed by atoms with Crippen LogP contribution in [-0.2, 0) is 9.59 Å². The third-order valence-corrected chi connectivity index (χ3v) is 7.25. The summed E-state index contributed by atoms with van der Waals surface area (Å²) in [4.78, 5) is 29.6. The summed E-state index contributed by atoms with van der Waals surface area (Å²) in [6.07, 6.45) is 9.21. The molecule has 2 heterocycles. The van der Waals surface area contributed by atoms with Crippen molar-refractivity contribution in [2.24, 2.45) is 11.8 Å². The molecular formula is C25H37N3O3. The zero-order valence-corrected chi connectivity index (χ0v) is 18.6. The number of benzene rings is 1. The molecule has 0 unspecified atom stereocenters. The number of para-hydroxylation sites is 1. The van der Waals surface area contributed by atoms with Crippen LogP contribution in [0.5, 0.6) is 5.75 Å². The van der Waals surface area contributed by atoms with Crippen molar-refractivity contribution >= 4 is 11.8 Å². The second-order valence-electron chi connectivity index (χ2n) is 9.49. The fraction of sp³-hybridized carbons (Fsp3) is 0.680. The smallest absolute Gasteiger partial charge is 0.260 e. The topological polar surface area (TPSA) is 61.9 Å². The van der Waals surface area contributed by atoms with Crippen LogP contribution >= 0.6 is 0 Å². The Balaban J connectivity index is 1.12. The van der Waals surface area contributed by atoms with Crippen LogP contribution in [0.1, 0.15) is 51.4 Å². The van der Waals surface area contributed by atoms with Crippen LogP contribution < -0.4 is 10.1 Å². The van der Waals surface area contributed by atoms with Crippen molar-refractivity contribution in [2.45, 2.75) is 57.4 Å². The number of nitrogens with one attached hydrogen (secondary N) is 1. The number of hydrogen-bond acceptors (Lipinski definition) is 4. The van der Waals surface area contributed by atoms with Gasteiger partial charge in [-0.05, 0) is 56.6 Å². The molecule has 170 valence electrons. The molecule has 0 spiro atoms. The Kier molecular flexibility index (Phi) is 7.84. The zero-order chi connectivity index (χ0) is 21.5. The number of amides is 2. The molecule has 1 aromatic carbocycles. The zero-order valence-electron chi connectivity index (χ0n) is 18.6. The van der Waals surface area contributed by atoms with Gasteiger partial charge >= 0.3 is 0 Å². The minimum absolute atomic E-state index is 0.00246. The fourth-order valence-electron chi connectivity index (χ4n) is 5.28. The lowest BCUT2D eigenvalue weighted by molar-refractivity contribution is -0.137. The third kappa shape index (κ3) is 6.45. The third-order valence-electron chi connectivity index (χ3n) is 7.25. The Morgan fingerprint density at radius 2 is 1.58 bits per heavy atom. The highest BCUT2D eigenvalue weighted by Gasteiger charge is 2.30. The Labute approximate surface area is 186 Å². The fourth-order valence-corrected chi connectivity index (χ4v) is 5.28. The van der Waals surface area contributed by atoms with Gasteiger partial charge in [0.05, 0.1) is 0 Å². The van der Waals surface area contributed by atoms with Crippen molar-refractivity contribution in [3.8, 4) is 5.75 Å². The molecule has 0 aromatic heterocycles. The molecule has 6 heteroatoms. The number of likely N-dealkylation sites (tertiary alicyclic amines) is 2. The van der Waals surface area contributed by atoms with Crippen LogP contribution in [-0.4, -0.2) is 67.0 Å². The molecule has 2 amide bonds. The van der Waals surface area contributed by atoms with Gasteiger partial charge in [-0.25, -0.2) is 0 Å². The molecule has 1 aromatic rings. The molecular weight excluding hydrogens is 390 g/mol. The second kappa shape index (κ2) is 11.0. The normalized spacial score (nSPS) is 21.9. The van der Waals surface area contributed by atoms with Crippen LogP contribution in [0.15, 0.2) is 30.3 Å². The van der Waals surface area contributed by atoms with Crippen molar-refractivity contribution in [1.29, 1.82) is 0 Å². The quantitative estimate of drug-likeness (QED) is 0.727. The molecule has 1 aliphatic carbocycles. The number of ether oxygens (including phenoxy) is 1. The maximum atomic E-state index is 12.8. The SMILES string of the molecule is O=C(NC1CCN(CC2CCCC2)CC1)C1CCN(C(=O)COc2ccccc2)CC1. The number of hydrogen-bond donors (Lipinski definition) is 1. The van der Waals surface area contributed by atoms with E-state index in [0.29, 0.717) is 24.9 Å². The molecule has 2 aliphatic heterocycles. The molecule has 0 bridgehead atoms. The van der Waals surface area contributed by atoms with E-state index in [2.05, 4.69) is 10.2 Å². The van der Waals surface area contributed by atoms with Crippen molar-refractivity contribution in [2.75, 3.05) is 39.3 Å². The highest BCUT2D eigenvalue weighted by atomic mass is 16.5. The van der Waals surface area contributed by atoms with Gasteiger partial charge in [-0.2, -0.15) is 0 Å². The summed E-state index contributed by atoms with van der Waals surface area (Å²) in [5.41, 5.74) is 0.